The summed E-state index contributed by atoms with van der Waals surface area (Å²) in [6.45, 7) is 1.76. The van der Waals surface area contributed by atoms with Crippen molar-refractivity contribution in [2.75, 3.05) is 37.0 Å². The molecule has 2 aliphatic heterocycles. The molecule has 0 saturated carbocycles. The number of carbonyl (C=O) groups excluding carboxylic acids is 1. The normalized spacial score (nSPS) is 15.9. The molecule has 9 nitrogen and oxygen atoms in total. The van der Waals surface area contributed by atoms with E-state index in [1.54, 1.807) is 47.2 Å². The number of aromatic nitrogens is 3. The van der Waals surface area contributed by atoms with Gasteiger partial charge in [-0.05, 0) is 61.1 Å². The van der Waals surface area contributed by atoms with E-state index in [2.05, 4.69) is 20.7 Å². The molecule has 4 heterocycles. The minimum absolute atomic E-state index is 0.0561. The molecule has 3 N–H and O–H groups in total. The van der Waals surface area contributed by atoms with Crippen molar-refractivity contribution in [2.45, 2.75) is 38.2 Å². The van der Waals surface area contributed by atoms with Crippen LogP contribution in [-0.4, -0.2) is 59.4 Å². The maximum Gasteiger partial charge on any atom is 0.269 e. The van der Waals surface area contributed by atoms with Crippen molar-refractivity contribution in [1.29, 1.82) is 5.41 Å². The molecule has 0 unspecified atom stereocenters. The minimum atomic E-state index is -2.70. The van der Waals surface area contributed by atoms with E-state index in [9.17, 15) is 19.0 Å². The van der Waals surface area contributed by atoms with Gasteiger partial charge in [-0.25, -0.2) is 13.8 Å². The third-order valence-corrected chi connectivity index (χ3v) is 7.05. The number of hydrogen-bond acceptors (Lipinski definition) is 6. The Labute approximate surface area is 219 Å². The van der Waals surface area contributed by atoms with Gasteiger partial charge in [0.05, 0.1) is 11.9 Å². The van der Waals surface area contributed by atoms with Crippen LogP contribution in [0.2, 0.25) is 0 Å². The summed E-state index contributed by atoms with van der Waals surface area (Å²) in [6, 6.07) is 6.81. The highest BCUT2D eigenvalue weighted by atomic mass is 19.3. The predicted octanol–water partition coefficient (Wildman–Crippen LogP) is 4.15. The van der Waals surface area contributed by atoms with Crippen molar-refractivity contribution in [1.82, 2.24) is 20.1 Å². The van der Waals surface area contributed by atoms with Crippen molar-refractivity contribution < 1.29 is 18.3 Å². The fourth-order valence-electron chi connectivity index (χ4n) is 5.07. The van der Waals surface area contributed by atoms with Gasteiger partial charge in [0, 0.05) is 62.9 Å². The van der Waals surface area contributed by atoms with Crippen LogP contribution in [0.5, 0.6) is 0 Å². The molecule has 3 aromatic rings. The number of fused-ring (bicyclic) bond motifs is 1. The topological polar surface area (TPSA) is 108 Å². The molecule has 38 heavy (non-hydrogen) atoms. The van der Waals surface area contributed by atoms with Crippen LogP contribution in [-0.2, 0) is 18.2 Å². The summed E-state index contributed by atoms with van der Waals surface area (Å²) in [6.07, 6.45) is 3.67. The van der Waals surface area contributed by atoms with E-state index >= 15 is 0 Å². The zero-order chi connectivity index (χ0) is 26.8. The highest BCUT2D eigenvalue weighted by Crippen LogP contribution is 2.39. The number of amides is 1. The fraction of sp³-hybridized carbons (Fsp3) is 0.407. The molecule has 2 aliphatic rings. The molecule has 1 fully saturated rings. The summed E-state index contributed by atoms with van der Waals surface area (Å²) in [5.74, 6) is -0.308. The van der Waals surface area contributed by atoms with Crippen molar-refractivity contribution >= 4 is 23.1 Å². The molecule has 0 atom stereocenters. The number of benzene rings is 1. The summed E-state index contributed by atoms with van der Waals surface area (Å²) in [5.41, 5.74) is 3.52. The smallest absolute Gasteiger partial charge is 0.269 e. The Balaban J connectivity index is 1.55. The average Bonchev–Trinajstić information content (AvgIpc) is 3.38. The number of nitrogens with one attached hydrogen (secondary N) is 3. The summed E-state index contributed by atoms with van der Waals surface area (Å²) >= 11 is 0. The van der Waals surface area contributed by atoms with E-state index < -0.39 is 6.43 Å². The summed E-state index contributed by atoms with van der Waals surface area (Å²) in [5, 5.41) is 19.4. The average molecular weight is 524 g/mol. The minimum Gasteiger partial charge on any atom is -0.381 e. The Morgan fingerprint density at radius 2 is 2.03 bits per heavy atom. The number of ether oxygens (including phenoxy) is 1. The second-order valence-electron chi connectivity index (χ2n) is 9.58. The van der Waals surface area contributed by atoms with Crippen LogP contribution in [0.15, 0.2) is 36.7 Å². The molecule has 1 saturated heterocycles. The lowest BCUT2D eigenvalue weighted by atomic mass is 9.93. The van der Waals surface area contributed by atoms with Crippen LogP contribution >= 0.6 is 0 Å². The zero-order valence-corrected chi connectivity index (χ0v) is 21.4. The Kier molecular flexibility index (Phi) is 7.37. The molecule has 1 amide bonds. The third-order valence-electron chi connectivity index (χ3n) is 7.05. The number of anilines is 2. The second kappa shape index (κ2) is 10.9. The van der Waals surface area contributed by atoms with Gasteiger partial charge in [-0.2, -0.15) is 5.10 Å². The first-order valence-electron chi connectivity index (χ1n) is 12.7. The lowest BCUT2D eigenvalue weighted by Gasteiger charge is -2.33. The van der Waals surface area contributed by atoms with E-state index in [4.69, 9.17) is 4.74 Å². The standard InChI is InChI=1S/C27H31F2N7O2/c1-31-27(37)22-6-5-21(33-18-7-10-38-11-8-18)24(34-22)26(30)36-9-3-4-16-12-19(17-14-32-35(2)15-17)20(25(28)29)13-23(16)36/h5-6,12-15,18,25,30,33H,3-4,7-11H2,1-2H3,(H,31,37). The molecule has 0 spiro atoms. The second-order valence-corrected chi connectivity index (χ2v) is 9.58. The molecule has 5 rings (SSSR count). The van der Waals surface area contributed by atoms with Gasteiger partial charge in [-0.3, -0.25) is 14.9 Å². The van der Waals surface area contributed by atoms with Crippen molar-refractivity contribution in [3.05, 3.63) is 59.2 Å². The number of rotatable bonds is 6. The number of amidine groups is 1. The first-order valence-corrected chi connectivity index (χ1v) is 12.7. The predicted molar refractivity (Wildman–Crippen MR) is 141 cm³/mol. The van der Waals surface area contributed by atoms with Crippen molar-refractivity contribution in [3.8, 4) is 11.1 Å². The number of pyridine rings is 1. The summed E-state index contributed by atoms with van der Waals surface area (Å²) in [7, 11) is 3.27. The molecular weight excluding hydrogens is 492 g/mol. The SMILES string of the molecule is CNC(=O)c1ccc(NC2CCOCC2)c(C(=N)N2CCCc3cc(-c4cnn(C)c4)c(C(F)F)cc32)n1. The number of halogens is 2. The van der Waals surface area contributed by atoms with Gasteiger partial charge in [0.15, 0.2) is 5.84 Å². The molecule has 200 valence electrons. The Hall–Kier alpha value is -3.86. The van der Waals surface area contributed by atoms with Gasteiger partial charge < -0.3 is 20.3 Å². The van der Waals surface area contributed by atoms with Gasteiger partial charge in [-0.1, -0.05) is 0 Å². The number of carbonyl (C=O) groups is 1. The Morgan fingerprint density at radius 3 is 2.71 bits per heavy atom. The Morgan fingerprint density at radius 1 is 1.24 bits per heavy atom. The quantitative estimate of drug-likeness (QED) is 0.331. The van der Waals surface area contributed by atoms with Gasteiger partial charge in [0.25, 0.3) is 12.3 Å². The van der Waals surface area contributed by atoms with Crippen LogP contribution in [0.1, 0.15) is 53.0 Å². The van der Waals surface area contributed by atoms with Crippen LogP contribution in [0.3, 0.4) is 0 Å². The van der Waals surface area contributed by atoms with E-state index in [1.807, 2.05) is 0 Å². The molecule has 1 aromatic carbocycles. The number of alkyl halides is 2. The largest absolute Gasteiger partial charge is 0.381 e. The highest BCUT2D eigenvalue weighted by molar-refractivity contribution is 6.11. The third kappa shape index (κ3) is 5.10. The Bertz CT molecular complexity index is 1350. The van der Waals surface area contributed by atoms with Crippen LogP contribution < -0.4 is 15.5 Å². The van der Waals surface area contributed by atoms with Gasteiger partial charge >= 0.3 is 0 Å². The first-order chi connectivity index (χ1) is 18.4. The van der Waals surface area contributed by atoms with Crippen LogP contribution in [0, 0.1) is 5.41 Å². The lowest BCUT2D eigenvalue weighted by molar-refractivity contribution is 0.0904. The number of hydrogen-bond donors (Lipinski definition) is 3. The van der Waals surface area contributed by atoms with E-state index in [-0.39, 0.29) is 29.0 Å². The number of aryl methyl sites for hydroxylation is 2. The molecule has 2 aromatic heterocycles. The van der Waals surface area contributed by atoms with Crippen LogP contribution in [0.25, 0.3) is 11.1 Å². The first kappa shape index (κ1) is 25.8. The molecule has 0 aliphatic carbocycles. The van der Waals surface area contributed by atoms with Gasteiger partial charge in [-0.15, -0.1) is 0 Å². The summed E-state index contributed by atoms with van der Waals surface area (Å²) in [4.78, 5) is 18.6. The molecule has 0 bridgehead atoms. The summed E-state index contributed by atoms with van der Waals surface area (Å²) < 4.78 is 35.6. The van der Waals surface area contributed by atoms with E-state index in [0.717, 1.165) is 24.8 Å². The van der Waals surface area contributed by atoms with Crippen molar-refractivity contribution in [3.63, 3.8) is 0 Å². The molecular formula is C27H31F2N7O2. The fourth-order valence-corrected chi connectivity index (χ4v) is 5.07. The zero-order valence-electron chi connectivity index (χ0n) is 21.4. The van der Waals surface area contributed by atoms with Gasteiger partial charge in [0.2, 0.25) is 0 Å². The maximum atomic E-state index is 14.3. The number of nitrogens with zero attached hydrogens (tertiary/aromatic N) is 4. The van der Waals surface area contributed by atoms with Crippen molar-refractivity contribution in [2.24, 2.45) is 7.05 Å². The molecule has 11 heteroatoms. The van der Waals surface area contributed by atoms with E-state index in [1.165, 1.54) is 13.1 Å². The van der Waals surface area contributed by atoms with E-state index in [0.29, 0.717) is 54.4 Å². The lowest BCUT2D eigenvalue weighted by Crippen LogP contribution is -2.38. The maximum absolute atomic E-state index is 14.3. The monoisotopic (exact) mass is 523 g/mol. The molecule has 0 radical (unpaired) electrons. The highest BCUT2D eigenvalue weighted by Gasteiger charge is 2.29. The van der Waals surface area contributed by atoms with Crippen LogP contribution in [0.4, 0.5) is 20.2 Å². The van der Waals surface area contributed by atoms with Gasteiger partial charge in [0.1, 0.15) is 11.4 Å².